The molecule has 0 rings (SSSR count). The Morgan fingerprint density at radius 2 is 1.56 bits per heavy atom. The largest absolute Gasteiger partial charge is 0.376 e. The minimum atomic E-state index is -0.0151. The fourth-order valence-corrected chi connectivity index (χ4v) is 1.67. The zero-order chi connectivity index (χ0) is 12.7. The molecule has 0 atom stereocenters. The molecule has 0 aliphatic carbocycles. The van der Waals surface area contributed by atoms with Crippen LogP contribution in [0.25, 0.3) is 0 Å². The van der Waals surface area contributed by atoms with Crippen LogP contribution in [0.1, 0.15) is 40.5 Å². The number of hydrogen-bond acceptors (Lipinski definition) is 3. The van der Waals surface area contributed by atoms with E-state index < -0.39 is 0 Å². The summed E-state index contributed by atoms with van der Waals surface area (Å²) in [5, 5.41) is 6.39. The van der Waals surface area contributed by atoms with E-state index in [2.05, 4.69) is 38.3 Å². The van der Waals surface area contributed by atoms with E-state index in [1.165, 1.54) is 0 Å². The highest BCUT2D eigenvalue weighted by molar-refractivity contribution is 4.73. The van der Waals surface area contributed by atoms with Gasteiger partial charge in [0.25, 0.3) is 0 Å². The van der Waals surface area contributed by atoms with Crippen LogP contribution in [0.15, 0.2) is 0 Å². The second-order valence-electron chi connectivity index (χ2n) is 5.91. The Bertz CT molecular complexity index is 179. The van der Waals surface area contributed by atoms with Crippen LogP contribution in [0.2, 0.25) is 0 Å². The molecule has 16 heavy (non-hydrogen) atoms. The molecule has 0 heterocycles. The number of nitrogens with one attached hydrogen (secondary N) is 2. The fraction of sp³-hybridized carbons (Fsp3) is 1.00. The summed E-state index contributed by atoms with van der Waals surface area (Å²) < 4.78 is 5.95. The topological polar surface area (TPSA) is 33.3 Å². The van der Waals surface area contributed by atoms with Gasteiger partial charge in [0, 0.05) is 13.2 Å². The molecule has 0 aliphatic rings. The Labute approximate surface area is 101 Å². The first kappa shape index (κ1) is 15.9. The van der Waals surface area contributed by atoms with Gasteiger partial charge in [-0.05, 0) is 52.7 Å². The lowest BCUT2D eigenvalue weighted by molar-refractivity contribution is -0.0333. The minimum Gasteiger partial charge on any atom is -0.376 e. The molecule has 0 fully saturated rings. The molecule has 0 aromatic rings. The maximum absolute atomic E-state index is 5.95. The predicted molar refractivity (Wildman–Crippen MR) is 70.9 cm³/mol. The smallest absolute Gasteiger partial charge is 0.0638 e. The molecule has 0 aliphatic heterocycles. The van der Waals surface area contributed by atoms with Crippen LogP contribution in [-0.2, 0) is 4.74 Å². The van der Waals surface area contributed by atoms with Gasteiger partial charge in [-0.1, -0.05) is 13.8 Å². The zero-order valence-corrected chi connectivity index (χ0v) is 11.9. The molecule has 3 heteroatoms. The molecule has 0 aromatic heterocycles. The summed E-state index contributed by atoms with van der Waals surface area (Å²) in [6, 6.07) is 0. The van der Waals surface area contributed by atoms with E-state index in [4.69, 9.17) is 4.74 Å². The fourth-order valence-electron chi connectivity index (χ4n) is 1.67. The van der Waals surface area contributed by atoms with Crippen molar-refractivity contribution < 1.29 is 4.74 Å². The molecule has 0 unspecified atom stereocenters. The van der Waals surface area contributed by atoms with Gasteiger partial charge < -0.3 is 15.4 Å². The molecule has 2 N–H and O–H groups in total. The molecule has 0 aromatic carbocycles. The summed E-state index contributed by atoms with van der Waals surface area (Å²) in [4.78, 5) is 0. The molecule has 0 saturated carbocycles. The molecular weight excluding hydrogens is 200 g/mol. The standard InChI is InChI=1S/C13H30N2O/c1-12(2,11-15-6)8-10-16-13(3,4)7-9-14-5/h14-15H,7-11H2,1-6H3. The summed E-state index contributed by atoms with van der Waals surface area (Å²) in [6.45, 7) is 11.7. The lowest BCUT2D eigenvalue weighted by atomic mass is 9.89. The van der Waals surface area contributed by atoms with Crippen LogP contribution in [0.5, 0.6) is 0 Å². The molecule has 3 nitrogen and oxygen atoms in total. The lowest BCUT2D eigenvalue weighted by Crippen LogP contribution is -2.32. The SMILES string of the molecule is CNCCC(C)(C)OCCC(C)(C)CNC. The second-order valence-corrected chi connectivity index (χ2v) is 5.91. The molecule has 0 amide bonds. The molecule has 0 saturated heterocycles. The Morgan fingerprint density at radius 3 is 2.06 bits per heavy atom. The van der Waals surface area contributed by atoms with Gasteiger partial charge in [0.05, 0.1) is 5.60 Å². The van der Waals surface area contributed by atoms with E-state index in [0.29, 0.717) is 5.41 Å². The average molecular weight is 230 g/mol. The summed E-state index contributed by atoms with van der Waals surface area (Å²) in [6.07, 6.45) is 2.15. The second kappa shape index (κ2) is 7.25. The highest BCUT2D eigenvalue weighted by Crippen LogP contribution is 2.21. The van der Waals surface area contributed by atoms with Crippen LogP contribution in [0.4, 0.5) is 0 Å². The molecule has 98 valence electrons. The van der Waals surface area contributed by atoms with E-state index in [1.807, 2.05) is 14.1 Å². The summed E-state index contributed by atoms with van der Waals surface area (Å²) in [5.74, 6) is 0. The molecule has 0 bridgehead atoms. The monoisotopic (exact) mass is 230 g/mol. The van der Waals surface area contributed by atoms with Crippen molar-refractivity contribution in [3.05, 3.63) is 0 Å². The molecular formula is C13H30N2O. The Balaban J connectivity index is 3.78. The van der Waals surface area contributed by atoms with Gasteiger partial charge in [-0.25, -0.2) is 0 Å². The van der Waals surface area contributed by atoms with E-state index in [9.17, 15) is 0 Å². The maximum atomic E-state index is 5.95. The minimum absolute atomic E-state index is 0.0151. The van der Waals surface area contributed by atoms with Gasteiger partial charge in [-0.3, -0.25) is 0 Å². The Hall–Kier alpha value is -0.120. The van der Waals surface area contributed by atoms with Gasteiger partial charge in [0.15, 0.2) is 0 Å². The first-order chi connectivity index (χ1) is 7.33. The van der Waals surface area contributed by atoms with Crippen LogP contribution in [0, 0.1) is 5.41 Å². The highest BCUT2D eigenvalue weighted by atomic mass is 16.5. The van der Waals surface area contributed by atoms with Crippen molar-refractivity contribution in [2.24, 2.45) is 5.41 Å². The third-order valence-corrected chi connectivity index (χ3v) is 2.90. The number of rotatable bonds is 9. The van der Waals surface area contributed by atoms with Crippen LogP contribution >= 0.6 is 0 Å². The van der Waals surface area contributed by atoms with Crippen molar-refractivity contribution in [2.75, 3.05) is 33.8 Å². The van der Waals surface area contributed by atoms with Crippen molar-refractivity contribution in [2.45, 2.75) is 46.1 Å². The highest BCUT2D eigenvalue weighted by Gasteiger charge is 2.21. The van der Waals surface area contributed by atoms with Crippen molar-refractivity contribution in [3.63, 3.8) is 0 Å². The van der Waals surface area contributed by atoms with Crippen molar-refractivity contribution in [1.29, 1.82) is 0 Å². The normalized spacial score (nSPS) is 13.1. The van der Waals surface area contributed by atoms with Crippen LogP contribution < -0.4 is 10.6 Å². The maximum Gasteiger partial charge on any atom is 0.0638 e. The zero-order valence-electron chi connectivity index (χ0n) is 11.9. The summed E-state index contributed by atoms with van der Waals surface area (Å²) in [7, 11) is 3.98. The van der Waals surface area contributed by atoms with Crippen LogP contribution in [-0.4, -0.2) is 39.4 Å². The Morgan fingerprint density at radius 1 is 0.938 bits per heavy atom. The van der Waals surface area contributed by atoms with E-state index in [1.54, 1.807) is 0 Å². The Kier molecular flexibility index (Phi) is 7.20. The predicted octanol–water partition coefficient (Wildman–Crippen LogP) is 2.03. The third kappa shape index (κ3) is 8.08. The van der Waals surface area contributed by atoms with Crippen molar-refractivity contribution in [3.8, 4) is 0 Å². The molecule has 0 radical (unpaired) electrons. The first-order valence-electron chi connectivity index (χ1n) is 6.26. The van der Waals surface area contributed by atoms with Gasteiger partial charge in [-0.2, -0.15) is 0 Å². The van der Waals surface area contributed by atoms with Gasteiger partial charge in [-0.15, -0.1) is 0 Å². The first-order valence-corrected chi connectivity index (χ1v) is 6.26. The van der Waals surface area contributed by atoms with Gasteiger partial charge >= 0.3 is 0 Å². The quantitative estimate of drug-likeness (QED) is 0.636. The summed E-state index contributed by atoms with van der Waals surface area (Å²) in [5.41, 5.74) is 0.298. The van der Waals surface area contributed by atoms with E-state index >= 15 is 0 Å². The average Bonchev–Trinajstić information content (AvgIpc) is 2.14. The van der Waals surface area contributed by atoms with Crippen molar-refractivity contribution in [1.82, 2.24) is 10.6 Å². The third-order valence-electron chi connectivity index (χ3n) is 2.90. The van der Waals surface area contributed by atoms with Crippen molar-refractivity contribution >= 4 is 0 Å². The number of ether oxygens (including phenoxy) is 1. The number of hydrogen-bond donors (Lipinski definition) is 2. The van der Waals surface area contributed by atoms with Crippen LogP contribution in [0.3, 0.4) is 0 Å². The van der Waals surface area contributed by atoms with E-state index in [0.717, 1.165) is 32.5 Å². The lowest BCUT2D eigenvalue weighted by Gasteiger charge is -2.29. The van der Waals surface area contributed by atoms with E-state index in [-0.39, 0.29) is 5.60 Å². The summed E-state index contributed by atoms with van der Waals surface area (Å²) >= 11 is 0. The molecule has 0 spiro atoms. The van der Waals surface area contributed by atoms with Gasteiger partial charge in [0.1, 0.15) is 0 Å². The van der Waals surface area contributed by atoms with Gasteiger partial charge in [0.2, 0.25) is 0 Å².